The van der Waals surface area contributed by atoms with Crippen molar-refractivity contribution in [3.63, 3.8) is 0 Å². The molecule has 0 aromatic carbocycles. The van der Waals surface area contributed by atoms with Gasteiger partial charge in [0.1, 0.15) is 18.3 Å². The van der Waals surface area contributed by atoms with E-state index in [9.17, 15) is 4.79 Å². The summed E-state index contributed by atoms with van der Waals surface area (Å²) in [5, 5.41) is 2.62. The van der Waals surface area contributed by atoms with E-state index in [-0.39, 0.29) is 21.6 Å². The van der Waals surface area contributed by atoms with Crippen LogP contribution < -0.4 is 5.32 Å². The van der Waals surface area contributed by atoms with Crippen LogP contribution in [0.2, 0.25) is 10.3 Å². The van der Waals surface area contributed by atoms with Crippen LogP contribution in [-0.4, -0.2) is 25.8 Å². The molecule has 8 heteroatoms. The van der Waals surface area contributed by atoms with Crippen LogP contribution in [0.4, 0.5) is 5.69 Å². The van der Waals surface area contributed by atoms with Crippen LogP contribution in [0.3, 0.4) is 0 Å². The molecule has 0 aliphatic carbocycles. The first-order chi connectivity index (χ1) is 8.18. The van der Waals surface area contributed by atoms with E-state index < -0.39 is 5.91 Å². The van der Waals surface area contributed by atoms with Gasteiger partial charge in [-0.25, -0.2) is 19.9 Å². The summed E-state index contributed by atoms with van der Waals surface area (Å²) in [6, 6.07) is 0. The Kier molecular flexibility index (Phi) is 3.46. The fraction of sp³-hybridized carbons (Fsp3) is 0. The third-order valence-corrected chi connectivity index (χ3v) is 2.39. The van der Waals surface area contributed by atoms with E-state index in [2.05, 4.69) is 25.3 Å². The Balaban J connectivity index is 2.25. The summed E-state index contributed by atoms with van der Waals surface area (Å²) in [7, 11) is 0. The lowest BCUT2D eigenvalue weighted by Crippen LogP contribution is -2.13. The molecule has 6 nitrogen and oxygen atoms in total. The van der Waals surface area contributed by atoms with Crippen molar-refractivity contribution in [2.45, 2.75) is 0 Å². The summed E-state index contributed by atoms with van der Waals surface area (Å²) in [5.74, 6) is -0.441. The maximum Gasteiger partial charge on any atom is 0.258 e. The summed E-state index contributed by atoms with van der Waals surface area (Å²) >= 11 is 11.6. The number of hydrogen-bond acceptors (Lipinski definition) is 5. The van der Waals surface area contributed by atoms with Gasteiger partial charge in [0.25, 0.3) is 5.91 Å². The molecular formula is C9H5Cl2N5O. The van der Waals surface area contributed by atoms with Gasteiger partial charge in [-0.3, -0.25) is 4.79 Å². The number of nitrogens with zero attached hydrogens (tertiary/aromatic N) is 4. The van der Waals surface area contributed by atoms with Gasteiger partial charge in [0.2, 0.25) is 0 Å². The molecule has 0 fully saturated rings. The van der Waals surface area contributed by atoms with Crippen molar-refractivity contribution >= 4 is 34.8 Å². The molecule has 0 spiro atoms. The minimum atomic E-state index is -0.441. The number of carbonyl (C=O) groups is 1. The first-order valence-electron chi connectivity index (χ1n) is 4.41. The van der Waals surface area contributed by atoms with Crippen LogP contribution >= 0.6 is 23.2 Å². The van der Waals surface area contributed by atoms with Gasteiger partial charge in [-0.2, -0.15) is 0 Å². The molecule has 0 aliphatic heterocycles. The van der Waals surface area contributed by atoms with Gasteiger partial charge in [-0.1, -0.05) is 23.2 Å². The zero-order chi connectivity index (χ0) is 12.3. The molecule has 0 atom stereocenters. The second-order valence-corrected chi connectivity index (χ2v) is 3.63. The van der Waals surface area contributed by atoms with E-state index in [4.69, 9.17) is 23.2 Å². The topological polar surface area (TPSA) is 80.7 Å². The average Bonchev–Trinajstić information content (AvgIpc) is 2.35. The number of anilines is 1. The van der Waals surface area contributed by atoms with Gasteiger partial charge in [0.15, 0.2) is 10.3 Å². The van der Waals surface area contributed by atoms with Crippen LogP contribution in [0.5, 0.6) is 0 Å². The van der Waals surface area contributed by atoms with E-state index in [1.54, 1.807) is 0 Å². The fourth-order valence-corrected chi connectivity index (χ4v) is 1.46. The highest BCUT2D eigenvalue weighted by molar-refractivity contribution is 6.38. The summed E-state index contributed by atoms with van der Waals surface area (Å²) in [6.07, 6.45) is 5.26. The molecule has 0 saturated heterocycles. The van der Waals surface area contributed by atoms with Crippen molar-refractivity contribution in [2.24, 2.45) is 0 Å². The quantitative estimate of drug-likeness (QED) is 0.842. The zero-order valence-corrected chi connectivity index (χ0v) is 9.77. The fourth-order valence-electron chi connectivity index (χ4n) is 1.05. The van der Waals surface area contributed by atoms with E-state index >= 15 is 0 Å². The number of rotatable bonds is 2. The lowest BCUT2D eigenvalue weighted by Gasteiger charge is -2.06. The van der Waals surface area contributed by atoms with E-state index in [1.807, 2.05) is 0 Å². The van der Waals surface area contributed by atoms with Crippen molar-refractivity contribution in [2.75, 3.05) is 5.32 Å². The lowest BCUT2D eigenvalue weighted by molar-refractivity contribution is 0.102. The maximum atomic E-state index is 11.8. The molecule has 2 rings (SSSR count). The summed E-state index contributed by atoms with van der Waals surface area (Å²) < 4.78 is 0. The number of nitrogens with one attached hydrogen (secondary N) is 1. The number of amides is 1. The largest absolute Gasteiger partial charge is 0.317 e. The molecule has 0 aliphatic rings. The number of halogens is 2. The van der Waals surface area contributed by atoms with Crippen LogP contribution in [0.25, 0.3) is 0 Å². The van der Waals surface area contributed by atoms with Gasteiger partial charge in [0, 0.05) is 12.4 Å². The Labute approximate surface area is 106 Å². The number of aromatic nitrogens is 4. The van der Waals surface area contributed by atoms with Crippen molar-refractivity contribution in [3.05, 3.63) is 40.9 Å². The van der Waals surface area contributed by atoms with Crippen molar-refractivity contribution in [3.8, 4) is 0 Å². The molecule has 17 heavy (non-hydrogen) atoms. The second kappa shape index (κ2) is 5.03. The lowest BCUT2D eigenvalue weighted by atomic mass is 10.3. The molecule has 0 unspecified atom stereocenters. The van der Waals surface area contributed by atoms with E-state index in [1.165, 1.54) is 25.0 Å². The van der Waals surface area contributed by atoms with Gasteiger partial charge in [-0.05, 0) is 0 Å². The molecule has 86 valence electrons. The Bertz CT molecular complexity index is 528. The average molecular weight is 270 g/mol. The second-order valence-electron chi connectivity index (χ2n) is 2.91. The Morgan fingerprint density at radius 1 is 1.06 bits per heavy atom. The van der Waals surface area contributed by atoms with Gasteiger partial charge >= 0.3 is 0 Å². The molecular weight excluding hydrogens is 265 g/mol. The minimum absolute atomic E-state index is 0.0650. The maximum absolute atomic E-state index is 11.8. The van der Waals surface area contributed by atoms with Gasteiger partial charge < -0.3 is 5.32 Å². The Morgan fingerprint density at radius 3 is 2.24 bits per heavy atom. The van der Waals surface area contributed by atoms with Crippen LogP contribution in [0.15, 0.2) is 25.0 Å². The summed E-state index contributed by atoms with van der Waals surface area (Å²) in [5.41, 5.74) is 0.438. The molecule has 1 N–H and O–H groups in total. The van der Waals surface area contributed by atoms with Crippen LogP contribution in [0, 0.1) is 0 Å². The van der Waals surface area contributed by atoms with Gasteiger partial charge in [0.05, 0.1) is 5.56 Å². The van der Waals surface area contributed by atoms with Crippen molar-refractivity contribution in [1.82, 2.24) is 19.9 Å². The Morgan fingerprint density at radius 2 is 1.65 bits per heavy atom. The summed E-state index contributed by atoms with van der Waals surface area (Å²) in [4.78, 5) is 26.6. The first kappa shape index (κ1) is 11.7. The van der Waals surface area contributed by atoms with E-state index in [0.29, 0.717) is 0 Å². The predicted molar refractivity (Wildman–Crippen MR) is 62.0 cm³/mol. The van der Waals surface area contributed by atoms with Crippen molar-refractivity contribution in [1.29, 1.82) is 0 Å². The van der Waals surface area contributed by atoms with Crippen LogP contribution in [0.1, 0.15) is 10.4 Å². The highest BCUT2D eigenvalue weighted by Crippen LogP contribution is 2.25. The summed E-state index contributed by atoms with van der Waals surface area (Å²) in [6.45, 7) is 0. The number of hydrogen-bond donors (Lipinski definition) is 1. The van der Waals surface area contributed by atoms with Crippen LogP contribution in [-0.2, 0) is 0 Å². The highest BCUT2D eigenvalue weighted by atomic mass is 35.5. The third-order valence-electron chi connectivity index (χ3n) is 1.82. The zero-order valence-electron chi connectivity index (χ0n) is 8.26. The SMILES string of the molecule is O=C(Nc1c(Cl)ncnc1Cl)c1cncnc1. The predicted octanol–water partition coefficient (Wildman–Crippen LogP) is 1.83. The normalized spacial score (nSPS) is 10.0. The highest BCUT2D eigenvalue weighted by Gasteiger charge is 2.13. The molecule has 0 bridgehead atoms. The monoisotopic (exact) mass is 269 g/mol. The molecule has 2 aromatic heterocycles. The molecule has 2 aromatic rings. The van der Waals surface area contributed by atoms with Crippen molar-refractivity contribution < 1.29 is 4.79 Å². The molecule has 1 amide bonds. The van der Waals surface area contributed by atoms with Gasteiger partial charge in [-0.15, -0.1) is 0 Å². The third kappa shape index (κ3) is 2.66. The first-order valence-corrected chi connectivity index (χ1v) is 5.16. The minimum Gasteiger partial charge on any atom is -0.317 e. The standard InChI is InChI=1S/C9H5Cl2N5O/c10-7-6(8(11)15-4-14-7)16-9(17)5-1-12-3-13-2-5/h1-4H,(H,16,17). The smallest absolute Gasteiger partial charge is 0.258 e. The molecule has 0 saturated carbocycles. The molecule has 2 heterocycles. The van der Waals surface area contributed by atoms with E-state index in [0.717, 1.165) is 0 Å². The molecule has 0 radical (unpaired) electrons. The Hall–Kier alpha value is -1.79. The number of carbonyl (C=O) groups excluding carboxylic acids is 1.